The second kappa shape index (κ2) is 4.86. The molecule has 1 aromatic heterocycles. The summed E-state index contributed by atoms with van der Waals surface area (Å²) >= 11 is 6.25. The Morgan fingerprint density at radius 2 is 2.11 bits per heavy atom. The molecule has 19 heavy (non-hydrogen) atoms. The molecule has 0 N–H and O–H groups in total. The third-order valence-corrected chi connectivity index (χ3v) is 4.03. The largest absolute Gasteiger partial charge is 0.349 e. The molecule has 0 spiro atoms. The Morgan fingerprint density at radius 3 is 2.84 bits per heavy atom. The Hall–Kier alpha value is -1.54. The monoisotopic (exact) mass is 273 g/mol. The molecule has 98 valence electrons. The van der Waals surface area contributed by atoms with E-state index >= 15 is 0 Å². The van der Waals surface area contributed by atoms with Gasteiger partial charge in [0.2, 0.25) is 0 Å². The Labute approximate surface area is 118 Å². The van der Waals surface area contributed by atoms with Gasteiger partial charge in [0.05, 0.1) is 0 Å². The summed E-state index contributed by atoms with van der Waals surface area (Å²) in [6.45, 7) is 2.75. The van der Waals surface area contributed by atoms with E-state index in [1.54, 1.807) is 0 Å². The number of fused-ring (bicyclic) bond motifs is 1. The molecular formula is C16H16ClNO. The minimum atomic E-state index is 0.273. The minimum absolute atomic E-state index is 0.273. The summed E-state index contributed by atoms with van der Waals surface area (Å²) in [6.07, 6.45) is 6.72. The number of nitrogens with zero attached hydrogens (tertiary/aromatic N) is 1. The van der Waals surface area contributed by atoms with Crippen molar-refractivity contribution in [3.05, 3.63) is 57.9 Å². The van der Waals surface area contributed by atoms with Crippen molar-refractivity contribution in [2.45, 2.75) is 32.7 Å². The number of ketones is 1. The fourth-order valence-electron chi connectivity index (χ4n) is 2.65. The van der Waals surface area contributed by atoms with Crippen LogP contribution in [0.25, 0.3) is 0 Å². The maximum atomic E-state index is 11.8. The van der Waals surface area contributed by atoms with Crippen molar-refractivity contribution in [2.24, 2.45) is 0 Å². The van der Waals surface area contributed by atoms with Crippen molar-refractivity contribution in [2.75, 3.05) is 0 Å². The van der Waals surface area contributed by atoms with Gasteiger partial charge in [-0.1, -0.05) is 23.7 Å². The van der Waals surface area contributed by atoms with Crippen LogP contribution in [0.5, 0.6) is 0 Å². The van der Waals surface area contributed by atoms with Crippen molar-refractivity contribution >= 4 is 17.4 Å². The molecule has 2 aromatic rings. The van der Waals surface area contributed by atoms with E-state index in [9.17, 15) is 4.79 Å². The van der Waals surface area contributed by atoms with Crippen molar-refractivity contribution in [3.63, 3.8) is 0 Å². The van der Waals surface area contributed by atoms with E-state index in [2.05, 4.69) is 22.9 Å². The van der Waals surface area contributed by atoms with Crippen LogP contribution >= 0.6 is 11.6 Å². The first kappa shape index (κ1) is 12.5. The number of Topliss-reactive ketones (excluding diaryl/α,β-unsaturated/α-hetero) is 1. The second-order valence-electron chi connectivity index (χ2n) is 5.24. The van der Waals surface area contributed by atoms with Crippen LogP contribution in [-0.2, 0) is 13.0 Å². The minimum Gasteiger partial charge on any atom is -0.349 e. The van der Waals surface area contributed by atoms with Crippen LogP contribution in [0.1, 0.15) is 39.9 Å². The van der Waals surface area contributed by atoms with Gasteiger partial charge >= 0.3 is 0 Å². The number of halogens is 1. The first-order valence-electron chi connectivity index (χ1n) is 6.60. The lowest BCUT2D eigenvalue weighted by molar-refractivity contribution is 0.0973. The molecule has 3 heteroatoms. The van der Waals surface area contributed by atoms with Crippen molar-refractivity contribution < 1.29 is 4.79 Å². The normalized spacial score (nSPS) is 14.5. The highest BCUT2D eigenvalue weighted by Crippen LogP contribution is 2.24. The highest BCUT2D eigenvalue weighted by atomic mass is 35.5. The maximum absolute atomic E-state index is 11.8. The smallest absolute Gasteiger partial charge is 0.164 e. The number of carbonyl (C=O) groups excluding carboxylic acids is 1. The standard InChI is InChI=1S/C16H16ClNO/c1-11-5-6-13(15(17)7-11)9-18-8-12-3-2-4-16(19)14(12)10-18/h5-8,10H,2-4,9H2,1H3. The van der Waals surface area contributed by atoms with Gasteiger partial charge in [0.15, 0.2) is 5.78 Å². The molecule has 0 saturated carbocycles. The molecule has 1 aromatic carbocycles. The molecule has 0 aliphatic heterocycles. The fourth-order valence-corrected chi connectivity index (χ4v) is 2.94. The average Bonchev–Trinajstić information content (AvgIpc) is 2.77. The first-order valence-corrected chi connectivity index (χ1v) is 6.98. The number of rotatable bonds is 2. The molecular weight excluding hydrogens is 258 g/mol. The lowest BCUT2D eigenvalue weighted by Gasteiger charge is -2.07. The van der Waals surface area contributed by atoms with Gasteiger partial charge in [-0.15, -0.1) is 0 Å². The van der Waals surface area contributed by atoms with E-state index in [4.69, 9.17) is 11.6 Å². The Bertz CT molecular complexity index is 642. The topological polar surface area (TPSA) is 22.0 Å². The van der Waals surface area contributed by atoms with E-state index < -0.39 is 0 Å². The number of benzene rings is 1. The molecule has 0 saturated heterocycles. The Kier molecular flexibility index (Phi) is 3.19. The van der Waals surface area contributed by atoms with Crippen LogP contribution in [0, 0.1) is 6.92 Å². The summed E-state index contributed by atoms with van der Waals surface area (Å²) in [6, 6.07) is 6.10. The lowest BCUT2D eigenvalue weighted by Crippen LogP contribution is -2.07. The summed E-state index contributed by atoms with van der Waals surface area (Å²) in [7, 11) is 0. The fraction of sp³-hybridized carbons (Fsp3) is 0.312. The molecule has 1 heterocycles. The zero-order valence-electron chi connectivity index (χ0n) is 10.9. The van der Waals surface area contributed by atoms with Gasteiger partial charge in [-0.05, 0) is 42.5 Å². The molecule has 3 rings (SSSR count). The van der Waals surface area contributed by atoms with Crippen LogP contribution in [-0.4, -0.2) is 10.4 Å². The van der Waals surface area contributed by atoms with Crippen LogP contribution in [0.3, 0.4) is 0 Å². The Balaban J connectivity index is 1.89. The number of aromatic nitrogens is 1. The summed E-state index contributed by atoms with van der Waals surface area (Å²) < 4.78 is 2.07. The van der Waals surface area contributed by atoms with Crippen LogP contribution in [0.4, 0.5) is 0 Å². The first-order chi connectivity index (χ1) is 9.13. The predicted molar refractivity (Wildman–Crippen MR) is 77.0 cm³/mol. The third kappa shape index (κ3) is 2.45. The van der Waals surface area contributed by atoms with Gasteiger partial charge in [-0.25, -0.2) is 0 Å². The average molecular weight is 274 g/mol. The zero-order valence-corrected chi connectivity index (χ0v) is 11.7. The van der Waals surface area contributed by atoms with Crippen molar-refractivity contribution in [1.82, 2.24) is 4.57 Å². The maximum Gasteiger partial charge on any atom is 0.164 e. The van der Waals surface area contributed by atoms with Gasteiger partial charge in [-0.3, -0.25) is 4.79 Å². The van der Waals surface area contributed by atoms with E-state index in [0.717, 1.165) is 41.1 Å². The molecule has 0 radical (unpaired) electrons. The molecule has 2 nitrogen and oxygen atoms in total. The lowest BCUT2D eigenvalue weighted by atomic mass is 9.95. The van der Waals surface area contributed by atoms with E-state index in [0.29, 0.717) is 6.42 Å². The molecule has 0 unspecified atom stereocenters. The molecule has 0 fully saturated rings. The van der Waals surface area contributed by atoms with Gasteiger partial charge < -0.3 is 4.57 Å². The zero-order chi connectivity index (χ0) is 13.4. The highest BCUT2D eigenvalue weighted by Gasteiger charge is 2.19. The summed E-state index contributed by atoms with van der Waals surface area (Å²) in [5.74, 6) is 0.273. The van der Waals surface area contributed by atoms with Crippen LogP contribution in [0.2, 0.25) is 5.02 Å². The SMILES string of the molecule is Cc1ccc(Cn2cc3c(c2)C(=O)CCC3)c(Cl)c1. The number of carbonyl (C=O) groups is 1. The van der Waals surface area contributed by atoms with E-state index in [-0.39, 0.29) is 5.78 Å². The molecule has 0 atom stereocenters. The summed E-state index contributed by atoms with van der Waals surface area (Å²) in [5.41, 5.74) is 4.33. The summed E-state index contributed by atoms with van der Waals surface area (Å²) in [4.78, 5) is 11.8. The molecule has 1 aliphatic rings. The number of hydrogen-bond donors (Lipinski definition) is 0. The van der Waals surface area contributed by atoms with Gasteiger partial charge in [0.1, 0.15) is 0 Å². The van der Waals surface area contributed by atoms with Crippen LogP contribution < -0.4 is 0 Å². The number of aryl methyl sites for hydroxylation is 2. The molecule has 0 amide bonds. The third-order valence-electron chi connectivity index (χ3n) is 3.67. The predicted octanol–water partition coefficient (Wildman–Crippen LogP) is 4.02. The quantitative estimate of drug-likeness (QED) is 0.810. The number of hydrogen-bond acceptors (Lipinski definition) is 1. The summed E-state index contributed by atoms with van der Waals surface area (Å²) in [5, 5.41) is 0.790. The van der Waals surface area contributed by atoms with Gasteiger partial charge in [0.25, 0.3) is 0 Å². The van der Waals surface area contributed by atoms with Crippen molar-refractivity contribution in [1.29, 1.82) is 0 Å². The Morgan fingerprint density at radius 1 is 1.26 bits per heavy atom. The van der Waals surface area contributed by atoms with E-state index in [1.165, 1.54) is 5.56 Å². The molecule has 0 bridgehead atoms. The molecule has 1 aliphatic carbocycles. The van der Waals surface area contributed by atoms with E-state index in [1.807, 2.05) is 19.2 Å². The van der Waals surface area contributed by atoms with Gasteiger partial charge in [0, 0.05) is 35.9 Å². The van der Waals surface area contributed by atoms with Gasteiger partial charge in [-0.2, -0.15) is 0 Å². The second-order valence-corrected chi connectivity index (χ2v) is 5.65. The van der Waals surface area contributed by atoms with Crippen LogP contribution in [0.15, 0.2) is 30.6 Å². The van der Waals surface area contributed by atoms with Crippen molar-refractivity contribution in [3.8, 4) is 0 Å². The highest BCUT2D eigenvalue weighted by molar-refractivity contribution is 6.31.